The van der Waals surface area contributed by atoms with Crippen LogP contribution in [0.2, 0.25) is 0 Å². The zero-order chi connectivity index (χ0) is 8.48. The summed E-state index contributed by atoms with van der Waals surface area (Å²) in [5.74, 6) is 0. The molecule has 0 radical (unpaired) electrons. The van der Waals surface area contributed by atoms with Crippen LogP contribution in [0.15, 0.2) is 0 Å². The van der Waals surface area contributed by atoms with Crippen LogP contribution in [0.4, 0.5) is 0 Å². The van der Waals surface area contributed by atoms with Crippen molar-refractivity contribution in [2.45, 2.75) is 6.92 Å². The van der Waals surface area contributed by atoms with Gasteiger partial charge in [0.2, 0.25) is 0 Å². The summed E-state index contributed by atoms with van der Waals surface area (Å²) in [6, 6.07) is 0. The Morgan fingerprint density at radius 1 is 1.36 bits per heavy atom. The molecular formula is C6H15N2O2P. The monoisotopic (exact) mass is 178 g/mol. The largest absolute Gasteiger partial charge is 0.345 e. The van der Waals surface area contributed by atoms with Crippen molar-refractivity contribution in [3.63, 3.8) is 0 Å². The van der Waals surface area contributed by atoms with E-state index in [-0.39, 0.29) is 0 Å². The minimum Gasteiger partial charge on any atom is -0.306 e. The topological polar surface area (TPSA) is 32.8 Å². The minimum atomic E-state index is -2.59. The van der Waals surface area contributed by atoms with E-state index in [1.807, 2.05) is 21.0 Å². The van der Waals surface area contributed by atoms with Gasteiger partial charge in [0.25, 0.3) is 0 Å². The molecule has 0 amide bonds. The van der Waals surface area contributed by atoms with Crippen molar-refractivity contribution in [3.8, 4) is 0 Å². The third-order valence-electron chi connectivity index (χ3n) is 1.91. The summed E-state index contributed by atoms with van der Waals surface area (Å²) in [6.45, 7) is 4.02. The standard InChI is InChI=1S/C6H15N2O2P/c1-4-10-11(9)7(2)5-6-8(11)3/h4-6H2,1-3H3. The summed E-state index contributed by atoms with van der Waals surface area (Å²) in [6.07, 6.45) is 0. The number of hydrogen-bond acceptors (Lipinski definition) is 2. The summed E-state index contributed by atoms with van der Waals surface area (Å²) >= 11 is 0. The molecule has 0 aromatic heterocycles. The van der Waals surface area contributed by atoms with Crippen LogP contribution < -0.4 is 0 Å². The normalized spacial score (nSPS) is 26.1. The number of rotatable bonds is 2. The molecule has 1 aliphatic heterocycles. The number of hydrogen-bond donors (Lipinski definition) is 0. The fraction of sp³-hybridized carbons (Fsp3) is 1.00. The van der Waals surface area contributed by atoms with E-state index in [2.05, 4.69) is 0 Å². The lowest BCUT2D eigenvalue weighted by Crippen LogP contribution is -2.15. The maximum atomic E-state index is 11.9. The quantitative estimate of drug-likeness (QED) is 0.591. The lowest BCUT2D eigenvalue weighted by molar-refractivity contribution is 0.275. The van der Waals surface area contributed by atoms with E-state index in [0.29, 0.717) is 6.61 Å². The van der Waals surface area contributed by atoms with Crippen molar-refractivity contribution in [2.75, 3.05) is 33.8 Å². The van der Waals surface area contributed by atoms with E-state index in [9.17, 15) is 4.57 Å². The van der Waals surface area contributed by atoms with E-state index in [4.69, 9.17) is 4.52 Å². The van der Waals surface area contributed by atoms with Gasteiger partial charge in [-0.05, 0) is 21.0 Å². The average Bonchev–Trinajstić information content (AvgIpc) is 2.19. The fourth-order valence-electron chi connectivity index (χ4n) is 1.17. The molecule has 11 heavy (non-hydrogen) atoms. The van der Waals surface area contributed by atoms with Gasteiger partial charge in [0, 0.05) is 13.1 Å². The summed E-state index contributed by atoms with van der Waals surface area (Å²) < 4.78 is 20.7. The van der Waals surface area contributed by atoms with Crippen molar-refractivity contribution >= 4 is 7.67 Å². The lowest BCUT2D eigenvalue weighted by atomic mass is 10.6. The molecule has 1 rings (SSSR count). The van der Waals surface area contributed by atoms with Crippen molar-refractivity contribution < 1.29 is 9.09 Å². The van der Waals surface area contributed by atoms with Crippen LogP contribution in [0.25, 0.3) is 0 Å². The second kappa shape index (κ2) is 3.23. The van der Waals surface area contributed by atoms with Gasteiger partial charge in [-0.15, -0.1) is 0 Å². The minimum absolute atomic E-state index is 0.506. The van der Waals surface area contributed by atoms with Crippen molar-refractivity contribution in [2.24, 2.45) is 0 Å². The molecule has 0 aromatic rings. The van der Waals surface area contributed by atoms with E-state index in [1.54, 1.807) is 9.34 Å². The molecule has 0 atom stereocenters. The molecular weight excluding hydrogens is 163 g/mol. The van der Waals surface area contributed by atoms with Gasteiger partial charge in [0.1, 0.15) is 0 Å². The summed E-state index contributed by atoms with van der Waals surface area (Å²) in [4.78, 5) is 0. The summed E-state index contributed by atoms with van der Waals surface area (Å²) in [5, 5.41) is 0. The first-order chi connectivity index (χ1) is 5.11. The molecule has 0 spiro atoms. The van der Waals surface area contributed by atoms with E-state index in [0.717, 1.165) is 13.1 Å². The average molecular weight is 178 g/mol. The maximum absolute atomic E-state index is 11.9. The first kappa shape index (κ1) is 9.20. The first-order valence-corrected chi connectivity index (χ1v) is 5.32. The molecule has 5 heteroatoms. The number of likely N-dealkylation sites (N-methyl/N-ethyl adjacent to an activating group) is 2. The first-order valence-electron chi connectivity index (χ1n) is 3.79. The molecule has 1 saturated heterocycles. The Morgan fingerprint density at radius 3 is 2.18 bits per heavy atom. The Bertz CT molecular complexity index is 171. The van der Waals surface area contributed by atoms with Crippen molar-refractivity contribution in [1.82, 2.24) is 9.34 Å². The van der Waals surface area contributed by atoms with Gasteiger partial charge in [-0.2, -0.15) is 0 Å². The van der Waals surface area contributed by atoms with Crippen LogP contribution in [0.1, 0.15) is 6.92 Å². The lowest BCUT2D eigenvalue weighted by Gasteiger charge is -2.23. The third kappa shape index (κ3) is 1.49. The molecule has 66 valence electrons. The summed E-state index contributed by atoms with van der Waals surface area (Å²) in [7, 11) is 1.08. The molecule has 0 aromatic carbocycles. The zero-order valence-electron chi connectivity index (χ0n) is 7.28. The van der Waals surface area contributed by atoms with Crippen LogP contribution in [0.5, 0.6) is 0 Å². The predicted octanol–water partition coefficient (Wildman–Crippen LogP) is 1.01. The Labute approximate surface area is 67.7 Å². The van der Waals surface area contributed by atoms with Crippen molar-refractivity contribution in [1.29, 1.82) is 0 Å². The Balaban J connectivity index is 2.72. The second-order valence-electron chi connectivity index (χ2n) is 2.67. The van der Waals surface area contributed by atoms with Crippen LogP contribution in [0, 0.1) is 0 Å². The Hall–Kier alpha value is 0.110. The molecule has 0 N–H and O–H groups in total. The molecule has 0 bridgehead atoms. The number of nitrogens with zero attached hydrogens (tertiary/aromatic N) is 2. The highest BCUT2D eigenvalue weighted by Crippen LogP contribution is 2.55. The molecule has 0 unspecified atom stereocenters. The van der Waals surface area contributed by atoms with E-state index in [1.165, 1.54) is 0 Å². The highest BCUT2D eigenvalue weighted by atomic mass is 31.2. The molecule has 1 heterocycles. The van der Waals surface area contributed by atoms with Crippen LogP contribution in [-0.2, 0) is 9.09 Å². The molecule has 0 aliphatic carbocycles. The highest BCUT2D eigenvalue weighted by molar-refractivity contribution is 7.54. The summed E-state index contributed by atoms with van der Waals surface area (Å²) in [5.41, 5.74) is 0. The highest BCUT2D eigenvalue weighted by Gasteiger charge is 2.39. The zero-order valence-corrected chi connectivity index (χ0v) is 8.17. The Kier molecular flexibility index (Phi) is 2.70. The molecule has 0 saturated carbocycles. The van der Waals surface area contributed by atoms with Gasteiger partial charge >= 0.3 is 7.67 Å². The predicted molar refractivity (Wildman–Crippen MR) is 44.5 cm³/mol. The van der Waals surface area contributed by atoms with Gasteiger partial charge in [0.05, 0.1) is 6.61 Å². The van der Waals surface area contributed by atoms with Crippen LogP contribution >= 0.6 is 7.67 Å². The fourth-order valence-corrected chi connectivity index (χ4v) is 3.10. The van der Waals surface area contributed by atoms with Crippen molar-refractivity contribution in [3.05, 3.63) is 0 Å². The van der Waals surface area contributed by atoms with Crippen LogP contribution in [-0.4, -0.2) is 43.1 Å². The smallest absolute Gasteiger partial charge is 0.306 e. The van der Waals surface area contributed by atoms with Crippen LogP contribution in [0.3, 0.4) is 0 Å². The SMILES string of the molecule is CCOP1(=O)N(C)CCN1C. The molecule has 4 nitrogen and oxygen atoms in total. The van der Waals surface area contributed by atoms with Gasteiger partial charge < -0.3 is 4.52 Å². The molecule has 1 fully saturated rings. The van der Waals surface area contributed by atoms with Gasteiger partial charge in [-0.25, -0.2) is 9.34 Å². The van der Waals surface area contributed by atoms with E-state index >= 15 is 0 Å². The van der Waals surface area contributed by atoms with E-state index < -0.39 is 7.67 Å². The maximum Gasteiger partial charge on any atom is 0.345 e. The van der Waals surface area contributed by atoms with Gasteiger partial charge in [-0.3, -0.25) is 4.57 Å². The molecule has 1 aliphatic rings. The third-order valence-corrected chi connectivity index (χ3v) is 4.63. The second-order valence-corrected chi connectivity index (χ2v) is 5.28. The Morgan fingerprint density at radius 2 is 1.82 bits per heavy atom. The van der Waals surface area contributed by atoms with Gasteiger partial charge in [-0.1, -0.05) is 0 Å². The van der Waals surface area contributed by atoms with Gasteiger partial charge in [0.15, 0.2) is 0 Å².